The fraction of sp³-hybridized carbons (Fsp3) is 0.786. The zero-order chi connectivity index (χ0) is 17.2. The normalized spacial score (nSPS) is 12.4. The standard InChI is InChI=1S/C14H26N2O5S/c1-5-6-10(12(18)19)16-11(17)9-22-8-7-15-13(20)21-14(2,3)4/h10H,5-9H2,1-4H3,(H,15,20)(H,16,17)(H,18,19). The molecule has 0 aromatic carbocycles. The van der Waals surface area contributed by atoms with Gasteiger partial charge in [-0.2, -0.15) is 11.8 Å². The first-order chi connectivity index (χ1) is 10.2. The molecule has 0 radical (unpaired) electrons. The quantitative estimate of drug-likeness (QED) is 0.553. The Morgan fingerprint density at radius 2 is 1.91 bits per heavy atom. The highest BCUT2D eigenvalue weighted by atomic mass is 32.2. The van der Waals surface area contributed by atoms with E-state index in [9.17, 15) is 14.4 Å². The van der Waals surface area contributed by atoms with Crippen molar-refractivity contribution in [2.45, 2.75) is 52.2 Å². The summed E-state index contributed by atoms with van der Waals surface area (Å²) < 4.78 is 5.07. The van der Waals surface area contributed by atoms with Crippen LogP contribution in [0.3, 0.4) is 0 Å². The third-order valence-corrected chi connectivity index (χ3v) is 3.32. The van der Waals surface area contributed by atoms with Crippen LogP contribution in [0.25, 0.3) is 0 Å². The molecular weight excluding hydrogens is 308 g/mol. The predicted octanol–water partition coefficient (Wildman–Crippen LogP) is 1.61. The van der Waals surface area contributed by atoms with E-state index in [1.165, 1.54) is 11.8 Å². The van der Waals surface area contributed by atoms with E-state index >= 15 is 0 Å². The Labute approximate surface area is 135 Å². The second-order valence-corrected chi connectivity index (χ2v) is 6.83. The largest absolute Gasteiger partial charge is 0.480 e. The summed E-state index contributed by atoms with van der Waals surface area (Å²) in [4.78, 5) is 33.9. The molecule has 0 fully saturated rings. The molecule has 0 spiro atoms. The molecule has 8 heteroatoms. The van der Waals surface area contributed by atoms with Crippen molar-refractivity contribution in [1.29, 1.82) is 0 Å². The van der Waals surface area contributed by atoms with Crippen molar-refractivity contribution in [3.05, 3.63) is 0 Å². The number of nitrogens with one attached hydrogen (secondary N) is 2. The first kappa shape index (κ1) is 20.6. The molecule has 0 aromatic rings. The number of alkyl carbamates (subject to hydrolysis) is 1. The van der Waals surface area contributed by atoms with Crippen molar-refractivity contribution in [3.63, 3.8) is 0 Å². The first-order valence-corrected chi connectivity index (χ1v) is 8.38. The Kier molecular flexibility index (Phi) is 9.64. The number of amides is 2. The fourth-order valence-electron chi connectivity index (χ4n) is 1.49. The van der Waals surface area contributed by atoms with Gasteiger partial charge in [-0.25, -0.2) is 9.59 Å². The van der Waals surface area contributed by atoms with E-state index in [4.69, 9.17) is 9.84 Å². The van der Waals surface area contributed by atoms with E-state index in [0.717, 1.165) is 0 Å². The minimum Gasteiger partial charge on any atom is -0.480 e. The summed E-state index contributed by atoms with van der Waals surface area (Å²) in [5, 5.41) is 14.0. The second-order valence-electron chi connectivity index (χ2n) is 5.73. The fourth-order valence-corrected chi connectivity index (χ4v) is 2.15. The lowest BCUT2D eigenvalue weighted by Crippen LogP contribution is -2.41. The number of hydrogen-bond acceptors (Lipinski definition) is 5. The Morgan fingerprint density at radius 3 is 2.41 bits per heavy atom. The molecule has 0 heterocycles. The topological polar surface area (TPSA) is 105 Å². The van der Waals surface area contributed by atoms with Gasteiger partial charge < -0.3 is 20.5 Å². The van der Waals surface area contributed by atoms with Crippen molar-refractivity contribution in [3.8, 4) is 0 Å². The van der Waals surface area contributed by atoms with Crippen LogP contribution >= 0.6 is 11.8 Å². The Morgan fingerprint density at radius 1 is 1.27 bits per heavy atom. The third kappa shape index (κ3) is 11.2. The van der Waals surface area contributed by atoms with Gasteiger partial charge in [0.05, 0.1) is 5.75 Å². The molecule has 1 atom stereocenters. The van der Waals surface area contributed by atoms with E-state index < -0.39 is 23.7 Å². The van der Waals surface area contributed by atoms with Crippen molar-refractivity contribution < 1.29 is 24.2 Å². The number of carboxylic acids is 1. The van der Waals surface area contributed by atoms with Gasteiger partial charge in [-0.3, -0.25) is 4.79 Å². The minimum absolute atomic E-state index is 0.156. The van der Waals surface area contributed by atoms with Crippen molar-refractivity contribution >= 4 is 29.7 Å². The molecule has 128 valence electrons. The molecule has 0 bridgehead atoms. The number of carbonyl (C=O) groups is 3. The smallest absolute Gasteiger partial charge is 0.407 e. The zero-order valence-electron chi connectivity index (χ0n) is 13.6. The van der Waals surface area contributed by atoms with Gasteiger partial charge >= 0.3 is 12.1 Å². The highest BCUT2D eigenvalue weighted by Gasteiger charge is 2.18. The van der Waals surface area contributed by atoms with E-state index in [0.29, 0.717) is 25.1 Å². The number of ether oxygens (including phenoxy) is 1. The van der Waals surface area contributed by atoms with Gasteiger partial charge in [-0.05, 0) is 27.2 Å². The molecule has 0 aromatic heterocycles. The highest BCUT2D eigenvalue weighted by molar-refractivity contribution is 7.99. The lowest BCUT2D eigenvalue weighted by molar-refractivity contribution is -0.141. The van der Waals surface area contributed by atoms with Crippen LogP contribution < -0.4 is 10.6 Å². The van der Waals surface area contributed by atoms with Gasteiger partial charge in [-0.1, -0.05) is 13.3 Å². The van der Waals surface area contributed by atoms with E-state index in [1.54, 1.807) is 20.8 Å². The molecule has 7 nitrogen and oxygen atoms in total. The number of thioether (sulfide) groups is 1. The maximum atomic E-state index is 11.6. The molecule has 1 unspecified atom stereocenters. The summed E-state index contributed by atoms with van der Waals surface area (Å²) in [6.07, 6.45) is 0.599. The summed E-state index contributed by atoms with van der Waals surface area (Å²) in [5.74, 6) is -0.642. The van der Waals surface area contributed by atoms with Crippen LogP contribution in [0.1, 0.15) is 40.5 Å². The molecule has 0 aliphatic rings. The molecule has 22 heavy (non-hydrogen) atoms. The van der Waals surface area contributed by atoms with E-state index in [1.807, 2.05) is 6.92 Å². The van der Waals surface area contributed by atoms with Gasteiger partial charge in [0, 0.05) is 12.3 Å². The van der Waals surface area contributed by atoms with Crippen LogP contribution in [0.4, 0.5) is 4.79 Å². The summed E-state index contributed by atoms with van der Waals surface area (Å²) in [7, 11) is 0. The van der Waals surface area contributed by atoms with Crippen LogP contribution in [0, 0.1) is 0 Å². The Bertz CT molecular complexity index is 382. The summed E-state index contributed by atoms with van der Waals surface area (Å²) >= 11 is 1.32. The number of rotatable bonds is 9. The highest BCUT2D eigenvalue weighted by Crippen LogP contribution is 2.06. The molecule has 0 saturated heterocycles. The molecule has 0 rings (SSSR count). The molecule has 0 saturated carbocycles. The Hall–Kier alpha value is -1.44. The van der Waals surface area contributed by atoms with E-state index in [2.05, 4.69) is 10.6 Å². The van der Waals surface area contributed by atoms with Gasteiger partial charge in [0.2, 0.25) is 5.91 Å². The van der Waals surface area contributed by atoms with Crippen LogP contribution in [-0.2, 0) is 14.3 Å². The third-order valence-electron chi connectivity index (χ3n) is 2.36. The zero-order valence-corrected chi connectivity index (χ0v) is 14.4. The maximum absolute atomic E-state index is 11.6. The van der Waals surface area contributed by atoms with Crippen molar-refractivity contribution in [2.24, 2.45) is 0 Å². The SMILES string of the molecule is CCCC(NC(=O)CSCCNC(=O)OC(C)(C)C)C(=O)O. The molecular formula is C14H26N2O5S. The van der Waals surface area contributed by atoms with Gasteiger partial charge in [0.1, 0.15) is 11.6 Å². The average molecular weight is 334 g/mol. The number of carbonyl (C=O) groups excluding carboxylic acids is 2. The monoisotopic (exact) mass is 334 g/mol. The van der Waals surface area contributed by atoms with Crippen LogP contribution in [-0.4, -0.2) is 52.8 Å². The Balaban J connectivity index is 3.81. The molecule has 0 aliphatic heterocycles. The lowest BCUT2D eigenvalue weighted by atomic mass is 10.2. The summed E-state index contributed by atoms with van der Waals surface area (Å²) in [6, 6.07) is -0.835. The van der Waals surface area contributed by atoms with Gasteiger partial charge in [0.25, 0.3) is 0 Å². The molecule has 3 N–H and O–H groups in total. The number of hydrogen-bond donors (Lipinski definition) is 3. The van der Waals surface area contributed by atoms with Gasteiger partial charge in [-0.15, -0.1) is 0 Å². The minimum atomic E-state index is -1.02. The van der Waals surface area contributed by atoms with Crippen molar-refractivity contribution in [2.75, 3.05) is 18.1 Å². The lowest BCUT2D eigenvalue weighted by Gasteiger charge is -2.19. The number of carboxylic acid groups (broad SMARTS) is 1. The van der Waals surface area contributed by atoms with E-state index in [-0.39, 0.29) is 11.7 Å². The summed E-state index contributed by atoms with van der Waals surface area (Å²) in [5.41, 5.74) is -0.539. The van der Waals surface area contributed by atoms with Crippen LogP contribution in [0.5, 0.6) is 0 Å². The molecule has 2 amide bonds. The average Bonchev–Trinajstić information content (AvgIpc) is 2.35. The maximum Gasteiger partial charge on any atom is 0.407 e. The first-order valence-electron chi connectivity index (χ1n) is 7.22. The predicted molar refractivity (Wildman–Crippen MR) is 86.0 cm³/mol. The van der Waals surface area contributed by atoms with Gasteiger partial charge in [0.15, 0.2) is 0 Å². The second kappa shape index (κ2) is 10.3. The number of aliphatic carboxylic acids is 1. The molecule has 0 aliphatic carbocycles. The van der Waals surface area contributed by atoms with Crippen molar-refractivity contribution in [1.82, 2.24) is 10.6 Å². The van der Waals surface area contributed by atoms with Crippen LogP contribution in [0.15, 0.2) is 0 Å². The van der Waals surface area contributed by atoms with Crippen LogP contribution in [0.2, 0.25) is 0 Å². The summed E-state index contributed by atoms with van der Waals surface area (Å²) in [6.45, 7) is 7.58.